The van der Waals surface area contributed by atoms with Gasteiger partial charge in [-0.05, 0) is 74.9 Å². The van der Waals surface area contributed by atoms with Gasteiger partial charge in [-0.15, -0.1) is 0 Å². The molecule has 1 aromatic carbocycles. The SMILES string of the molecule is CSC1CCN(C(C)c2ccc3c(c2)OCC3)C1.Cc1cc(C)nc(C(F)(F)F)c1. The second kappa shape index (κ2) is 9.60. The van der Waals surface area contributed by atoms with Crippen molar-refractivity contribution < 1.29 is 17.9 Å². The van der Waals surface area contributed by atoms with Crippen LogP contribution in [0.25, 0.3) is 0 Å². The maximum atomic E-state index is 12.1. The van der Waals surface area contributed by atoms with Gasteiger partial charge in [-0.2, -0.15) is 24.9 Å². The van der Waals surface area contributed by atoms with E-state index in [-0.39, 0.29) is 0 Å². The number of aromatic nitrogens is 1. The fourth-order valence-corrected chi connectivity index (χ4v) is 4.62. The number of thioether (sulfide) groups is 1. The number of halogens is 3. The number of aryl methyl sites for hydroxylation is 2. The molecule has 1 aromatic heterocycles. The molecule has 2 aliphatic rings. The molecule has 1 fully saturated rings. The maximum Gasteiger partial charge on any atom is 0.433 e. The molecule has 2 aliphatic heterocycles. The predicted octanol–water partition coefficient (Wildman–Crippen LogP) is 5.84. The third kappa shape index (κ3) is 5.70. The van der Waals surface area contributed by atoms with Gasteiger partial charge >= 0.3 is 6.18 Å². The molecular weight excluding hydrogens is 409 g/mol. The summed E-state index contributed by atoms with van der Waals surface area (Å²) in [6, 6.07) is 9.93. The highest BCUT2D eigenvalue weighted by molar-refractivity contribution is 7.99. The smallest absolute Gasteiger partial charge is 0.433 e. The first-order valence-electron chi connectivity index (χ1n) is 10.2. The van der Waals surface area contributed by atoms with Crippen molar-refractivity contribution >= 4 is 11.8 Å². The van der Waals surface area contributed by atoms with E-state index < -0.39 is 11.9 Å². The summed E-state index contributed by atoms with van der Waals surface area (Å²) in [6.45, 7) is 8.78. The number of rotatable bonds is 3. The molecule has 3 heterocycles. The Balaban J connectivity index is 0.000000187. The monoisotopic (exact) mass is 438 g/mol. The first kappa shape index (κ1) is 22.9. The van der Waals surface area contributed by atoms with Crippen LogP contribution in [0, 0.1) is 13.8 Å². The van der Waals surface area contributed by atoms with Crippen molar-refractivity contribution in [1.82, 2.24) is 9.88 Å². The first-order chi connectivity index (χ1) is 14.2. The lowest BCUT2D eigenvalue weighted by Crippen LogP contribution is -2.24. The van der Waals surface area contributed by atoms with E-state index in [0.717, 1.165) is 30.1 Å². The van der Waals surface area contributed by atoms with Crippen LogP contribution < -0.4 is 4.74 Å². The molecule has 0 N–H and O–H groups in total. The molecule has 164 valence electrons. The average molecular weight is 439 g/mol. The maximum absolute atomic E-state index is 12.1. The summed E-state index contributed by atoms with van der Waals surface area (Å²) < 4.78 is 41.9. The van der Waals surface area contributed by atoms with Crippen molar-refractivity contribution in [2.24, 2.45) is 0 Å². The van der Waals surface area contributed by atoms with E-state index in [4.69, 9.17) is 4.74 Å². The third-order valence-electron chi connectivity index (χ3n) is 5.65. The second-order valence-electron chi connectivity index (χ2n) is 7.95. The summed E-state index contributed by atoms with van der Waals surface area (Å²) in [7, 11) is 0. The minimum atomic E-state index is -4.34. The summed E-state index contributed by atoms with van der Waals surface area (Å²) in [5, 5.41) is 0.818. The Morgan fingerprint density at radius 1 is 1.20 bits per heavy atom. The number of ether oxygens (including phenoxy) is 1. The van der Waals surface area contributed by atoms with Crippen molar-refractivity contribution in [3.05, 3.63) is 58.4 Å². The number of hydrogen-bond donors (Lipinski definition) is 0. The Labute approximate surface area is 181 Å². The standard InChI is InChI=1S/C15H21NOS.C8H8F3N/c1-11(16-7-5-14(10-16)18-2)13-4-3-12-6-8-17-15(12)9-13;1-5-3-6(2)12-7(4-5)8(9,10)11/h3-4,9,11,14H,5-8,10H2,1-2H3;3-4H,1-2H3. The number of fused-ring (bicyclic) bond motifs is 1. The summed E-state index contributed by atoms with van der Waals surface area (Å²) in [5.74, 6) is 1.11. The number of hydrogen-bond acceptors (Lipinski definition) is 4. The van der Waals surface area contributed by atoms with Gasteiger partial charge in [0.25, 0.3) is 0 Å². The van der Waals surface area contributed by atoms with E-state index in [0.29, 0.717) is 17.3 Å². The zero-order valence-electron chi connectivity index (χ0n) is 17.9. The predicted molar refractivity (Wildman–Crippen MR) is 116 cm³/mol. The average Bonchev–Trinajstić information content (AvgIpc) is 3.35. The number of pyridine rings is 1. The van der Waals surface area contributed by atoms with Gasteiger partial charge in [0.15, 0.2) is 0 Å². The van der Waals surface area contributed by atoms with Crippen molar-refractivity contribution in [3.63, 3.8) is 0 Å². The molecule has 0 spiro atoms. The zero-order valence-corrected chi connectivity index (χ0v) is 18.7. The Morgan fingerprint density at radius 3 is 2.60 bits per heavy atom. The van der Waals surface area contributed by atoms with Gasteiger partial charge in [-0.1, -0.05) is 12.1 Å². The molecule has 2 atom stereocenters. The molecular formula is C23H29F3N2OS. The van der Waals surface area contributed by atoms with Crippen molar-refractivity contribution in [2.75, 3.05) is 26.0 Å². The minimum absolute atomic E-state index is 0.391. The topological polar surface area (TPSA) is 25.4 Å². The lowest BCUT2D eigenvalue weighted by Gasteiger charge is -2.25. The van der Waals surface area contributed by atoms with Gasteiger partial charge in [0.2, 0.25) is 0 Å². The van der Waals surface area contributed by atoms with Gasteiger partial charge < -0.3 is 4.74 Å². The number of nitrogens with zero attached hydrogens (tertiary/aromatic N) is 2. The molecule has 7 heteroatoms. The molecule has 0 radical (unpaired) electrons. The van der Waals surface area contributed by atoms with Gasteiger partial charge in [0.1, 0.15) is 11.4 Å². The first-order valence-corrected chi connectivity index (χ1v) is 11.5. The van der Waals surface area contributed by atoms with E-state index >= 15 is 0 Å². The highest BCUT2D eigenvalue weighted by atomic mass is 32.2. The molecule has 4 rings (SSSR count). The molecule has 0 saturated carbocycles. The van der Waals surface area contributed by atoms with E-state index in [1.807, 2.05) is 11.8 Å². The van der Waals surface area contributed by atoms with E-state index in [9.17, 15) is 13.2 Å². The fraction of sp³-hybridized carbons (Fsp3) is 0.522. The molecule has 2 unspecified atom stereocenters. The molecule has 3 nitrogen and oxygen atoms in total. The Bertz CT molecular complexity index is 852. The van der Waals surface area contributed by atoms with Gasteiger partial charge in [-0.25, -0.2) is 4.98 Å². The summed E-state index contributed by atoms with van der Waals surface area (Å²) in [4.78, 5) is 5.98. The molecule has 0 bridgehead atoms. The van der Waals surface area contributed by atoms with Gasteiger partial charge in [0, 0.05) is 30.0 Å². The molecule has 1 saturated heterocycles. The van der Waals surface area contributed by atoms with Crippen LogP contribution in [0.2, 0.25) is 0 Å². The van der Waals surface area contributed by atoms with Crippen molar-refractivity contribution in [2.45, 2.75) is 51.1 Å². The van der Waals surface area contributed by atoms with Crippen LogP contribution in [0.4, 0.5) is 13.2 Å². The van der Waals surface area contributed by atoms with Crippen molar-refractivity contribution in [1.29, 1.82) is 0 Å². The summed E-state index contributed by atoms with van der Waals surface area (Å²) in [5.41, 5.74) is 2.92. The number of benzene rings is 1. The highest BCUT2D eigenvalue weighted by Gasteiger charge is 2.32. The summed E-state index contributed by atoms with van der Waals surface area (Å²) in [6.07, 6.45) is 0.286. The minimum Gasteiger partial charge on any atom is -0.493 e. The zero-order chi connectivity index (χ0) is 21.9. The molecule has 2 aromatic rings. The van der Waals surface area contributed by atoms with Crippen molar-refractivity contribution in [3.8, 4) is 5.75 Å². The Morgan fingerprint density at radius 2 is 1.97 bits per heavy atom. The molecule has 0 amide bonds. The normalized spacial score (nSPS) is 19.6. The largest absolute Gasteiger partial charge is 0.493 e. The Hall–Kier alpha value is -1.73. The van der Waals surface area contributed by atoms with Crippen LogP contribution in [0.3, 0.4) is 0 Å². The molecule has 0 aliphatic carbocycles. The molecule has 30 heavy (non-hydrogen) atoms. The van der Waals surface area contributed by atoms with Crippen LogP contribution in [0.1, 0.15) is 47.5 Å². The van der Waals surface area contributed by atoms with Gasteiger partial charge in [0.05, 0.1) is 6.61 Å². The summed E-state index contributed by atoms with van der Waals surface area (Å²) >= 11 is 2.00. The number of alkyl halides is 3. The lowest BCUT2D eigenvalue weighted by molar-refractivity contribution is -0.141. The van der Waals surface area contributed by atoms with Crippen LogP contribution in [0.15, 0.2) is 30.3 Å². The quantitative estimate of drug-likeness (QED) is 0.601. The van der Waals surface area contributed by atoms with Crippen LogP contribution in [-0.2, 0) is 12.6 Å². The van der Waals surface area contributed by atoms with Crippen LogP contribution in [-0.4, -0.2) is 41.1 Å². The van der Waals surface area contributed by atoms with E-state index in [2.05, 4.69) is 41.3 Å². The van der Waals surface area contributed by atoms with E-state index in [1.54, 1.807) is 19.9 Å². The van der Waals surface area contributed by atoms with Gasteiger partial charge in [-0.3, -0.25) is 4.90 Å². The fourth-order valence-electron chi connectivity index (χ4n) is 3.94. The number of likely N-dealkylation sites (tertiary alicyclic amines) is 1. The van der Waals surface area contributed by atoms with Crippen LogP contribution in [0.5, 0.6) is 5.75 Å². The van der Waals surface area contributed by atoms with Crippen LogP contribution >= 0.6 is 11.8 Å². The second-order valence-corrected chi connectivity index (χ2v) is 9.09. The Kier molecular flexibility index (Phi) is 7.34. The highest BCUT2D eigenvalue weighted by Crippen LogP contribution is 2.33. The van der Waals surface area contributed by atoms with E-state index in [1.165, 1.54) is 30.6 Å². The lowest BCUT2D eigenvalue weighted by atomic mass is 10.0. The third-order valence-corrected chi connectivity index (χ3v) is 6.70.